The fourth-order valence-corrected chi connectivity index (χ4v) is 3.96. The van der Waals surface area contributed by atoms with Gasteiger partial charge in [-0.1, -0.05) is 23.1 Å². The molecule has 0 saturated carbocycles. The molecule has 0 saturated heterocycles. The molecule has 0 spiro atoms. The first-order valence-electron chi connectivity index (χ1n) is 8.69. The van der Waals surface area contributed by atoms with Crippen LogP contribution in [0.5, 0.6) is 17.2 Å². The number of rotatable bonds is 8. The van der Waals surface area contributed by atoms with E-state index >= 15 is 0 Å². The molecule has 0 atom stereocenters. The number of benzene rings is 1. The van der Waals surface area contributed by atoms with Crippen molar-refractivity contribution >= 4 is 40.1 Å². The summed E-state index contributed by atoms with van der Waals surface area (Å²) in [6, 6.07) is 5.77. The van der Waals surface area contributed by atoms with Gasteiger partial charge in [-0.15, -0.1) is 10.2 Å². The molecule has 2 heterocycles. The van der Waals surface area contributed by atoms with Gasteiger partial charge in [-0.3, -0.25) is 9.59 Å². The summed E-state index contributed by atoms with van der Waals surface area (Å²) in [6.07, 6.45) is 1.08. The summed E-state index contributed by atoms with van der Waals surface area (Å²) in [5.41, 5.74) is -0.359. The number of ether oxygens (including phenoxy) is 3. The number of thioether (sulfide) groups is 1. The third kappa shape index (κ3) is 6.06. The summed E-state index contributed by atoms with van der Waals surface area (Å²) in [7, 11) is 2.91. The predicted octanol–water partition coefficient (Wildman–Crippen LogP) is 2.98. The Hall–Kier alpha value is -3.38. The topological polar surface area (TPSA) is 130 Å². The molecule has 0 aliphatic rings. The molecule has 0 aliphatic heterocycles. The molecule has 0 bridgehead atoms. The van der Waals surface area contributed by atoms with Crippen molar-refractivity contribution in [1.82, 2.24) is 10.2 Å². The summed E-state index contributed by atoms with van der Waals surface area (Å²) in [5, 5.41) is 10.7. The average Bonchev–Trinajstić information content (AvgIpc) is 3.20. The maximum atomic E-state index is 12.4. The monoisotopic (exact) mass is 463 g/mol. The Morgan fingerprint density at radius 1 is 1.13 bits per heavy atom. The van der Waals surface area contributed by atoms with Gasteiger partial charge in [0, 0.05) is 19.1 Å². The number of carbonyl (C=O) groups is 2. The first kappa shape index (κ1) is 22.3. The highest BCUT2D eigenvalue weighted by atomic mass is 32.2. The van der Waals surface area contributed by atoms with E-state index in [4.69, 9.17) is 18.6 Å². The average molecular weight is 463 g/mol. The minimum Gasteiger partial charge on any atom is -0.497 e. The van der Waals surface area contributed by atoms with Crippen molar-refractivity contribution in [3.63, 3.8) is 0 Å². The third-order valence-electron chi connectivity index (χ3n) is 3.67. The molecule has 1 aromatic carbocycles. The van der Waals surface area contributed by atoms with Crippen LogP contribution in [0.25, 0.3) is 0 Å². The lowest BCUT2D eigenvalue weighted by atomic mass is 10.2. The Kier molecular flexibility index (Phi) is 7.26. The number of amides is 1. The second kappa shape index (κ2) is 10.1. The van der Waals surface area contributed by atoms with E-state index in [0.29, 0.717) is 32.5 Å². The number of nitrogens with one attached hydrogen (secondary N) is 1. The number of hydrogen-bond donors (Lipinski definition) is 1. The number of methoxy groups -OCH3 is 2. The van der Waals surface area contributed by atoms with Gasteiger partial charge in [-0.2, -0.15) is 0 Å². The van der Waals surface area contributed by atoms with Crippen LogP contribution in [0.3, 0.4) is 0 Å². The van der Waals surface area contributed by atoms with E-state index in [2.05, 4.69) is 15.5 Å². The number of anilines is 1. The molecule has 1 amide bonds. The molecule has 3 aromatic rings. The van der Waals surface area contributed by atoms with Crippen LogP contribution in [-0.2, 0) is 10.5 Å². The van der Waals surface area contributed by atoms with Crippen molar-refractivity contribution < 1.29 is 28.2 Å². The van der Waals surface area contributed by atoms with Crippen LogP contribution < -0.4 is 25.0 Å². The van der Waals surface area contributed by atoms with E-state index in [9.17, 15) is 14.4 Å². The zero-order valence-corrected chi connectivity index (χ0v) is 18.3. The van der Waals surface area contributed by atoms with Crippen molar-refractivity contribution in [2.24, 2.45) is 0 Å². The van der Waals surface area contributed by atoms with Crippen LogP contribution in [0.15, 0.2) is 44.1 Å². The molecule has 162 valence electrons. The number of aromatic nitrogens is 2. The number of hydrogen-bond acceptors (Lipinski definition) is 11. The Morgan fingerprint density at radius 2 is 1.84 bits per heavy atom. The quantitative estimate of drug-likeness (QED) is 0.302. The molecule has 2 aromatic heterocycles. The van der Waals surface area contributed by atoms with Crippen molar-refractivity contribution in [3.05, 3.63) is 52.1 Å². The van der Waals surface area contributed by atoms with Gasteiger partial charge in [0.05, 0.1) is 25.5 Å². The largest absolute Gasteiger partial charge is 0.497 e. The third-order valence-corrected chi connectivity index (χ3v) is 5.66. The first-order chi connectivity index (χ1) is 14.9. The molecule has 0 aliphatic carbocycles. The van der Waals surface area contributed by atoms with E-state index in [0.717, 1.165) is 6.26 Å². The fraction of sp³-hybridized carbons (Fsp3) is 0.211. The van der Waals surface area contributed by atoms with Crippen LogP contribution in [0.1, 0.15) is 23.0 Å². The molecule has 3 rings (SSSR count). The summed E-state index contributed by atoms with van der Waals surface area (Å²) in [6.45, 7) is 1.38. The van der Waals surface area contributed by atoms with E-state index in [1.54, 1.807) is 6.07 Å². The number of esters is 1. The van der Waals surface area contributed by atoms with Crippen molar-refractivity contribution in [3.8, 4) is 17.2 Å². The van der Waals surface area contributed by atoms with Gasteiger partial charge in [0.25, 0.3) is 0 Å². The minimum atomic E-state index is -0.758. The zero-order valence-electron chi connectivity index (χ0n) is 16.7. The maximum Gasteiger partial charge on any atom is 0.344 e. The molecule has 1 N–H and O–H groups in total. The Labute approximate surface area is 184 Å². The fourth-order valence-electron chi connectivity index (χ4n) is 2.27. The SMILES string of the molecule is COc1cc(OC)cc(C(=O)Oc2coc(CSc3nnc(NC(C)=O)s3)cc2=O)c1. The van der Waals surface area contributed by atoms with Crippen molar-refractivity contribution in [1.29, 1.82) is 0 Å². The van der Waals surface area contributed by atoms with E-state index in [1.165, 1.54) is 62.4 Å². The summed E-state index contributed by atoms with van der Waals surface area (Å²) >= 11 is 2.48. The normalized spacial score (nSPS) is 10.4. The number of carbonyl (C=O) groups excluding carboxylic acids is 2. The smallest absolute Gasteiger partial charge is 0.344 e. The lowest BCUT2D eigenvalue weighted by molar-refractivity contribution is -0.114. The predicted molar refractivity (Wildman–Crippen MR) is 113 cm³/mol. The van der Waals surface area contributed by atoms with E-state index in [-0.39, 0.29) is 17.2 Å². The highest BCUT2D eigenvalue weighted by molar-refractivity contribution is 8.00. The zero-order chi connectivity index (χ0) is 22.4. The summed E-state index contributed by atoms with van der Waals surface area (Å²) in [4.78, 5) is 35.8. The maximum absolute atomic E-state index is 12.4. The van der Waals surface area contributed by atoms with E-state index < -0.39 is 11.4 Å². The highest BCUT2D eigenvalue weighted by Gasteiger charge is 2.15. The number of nitrogens with zero attached hydrogens (tertiary/aromatic N) is 2. The van der Waals surface area contributed by atoms with Crippen molar-refractivity contribution in [2.45, 2.75) is 17.0 Å². The van der Waals surface area contributed by atoms with Crippen molar-refractivity contribution in [2.75, 3.05) is 19.5 Å². The van der Waals surface area contributed by atoms with Crippen LogP contribution in [0.2, 0.25) is 0 Å². The Bertz CT molecular complexity index is 1140. The molecular formula is C19H17N3O7S2. The lowest BCUT2D eigenvalue weighted by Gasteiger charge is -2.08. The highest BCUT2D eigenvalue weighted by Crippen LogP contribution is 2.28. The summed E-state index contributed by atoms with van der Waals surface area (Å²) < 4.78 is 21.4. The second-order valence-electron chi connectivity index (χ2n) is 5.91. The Morgan fingerprint density at radius 3 is 2.45 bits per heavy atom. The minimum absolute atomic E-state index is 0.154. The van der Waals surface area contributed by atoms with Crippen LogP contribution >= 0.6 is 23.1 Å². The lowest BCUT2D eigenvalue weighted by Crippen LogP contribution is -2.15. The van der Waals surface area contributed by atoms with Gasteiger partial charge in [-0.05, 0) is 12.1 Å². The molecular weight excluding hydrogens is 446 g/mol. The molecule has 0 fully saturated rings. The first-order valence-corrected chi connectivity index (χ1v) is 10.5. The van der Waals surface area contributed by atoms with Gasteiger partial charge >= 0.3 is 5.97 Å². The van der Waals surface area contributed by atoms with Crippen LogP contribution in [0, 0.1) is 0 Å². The van der Waals surface area contributed by atoms with Gasteiger partial charge in [-0.25, -0.2) is 4.79 Å². The molecule has 10 nitrogen and oxygen atoms in total. The summed E-state index contributed by atoms with van der Waals surface area (Å²) in [5.74, 6) is 0.222. The molecule has 12 heteroatoms. The van der Waals surface area contributed by atoms with Crippen LogP contribution in [-0.4, -0.2) is 36.3 Å². The molecule has 0 unspecified atom stereocenters. The van der Waals surface area contributed by atoms with Gasteiger partial charge in [0.1, 0.15) is 23.5 Å². The molecule has 0 radical (unpaired) electrons. The van der Waals surface area contributed by atoms with E-state index in [1.807, 2.05) is 0 Å². The standard InChI is InChI=1S/C19H17N3O7S2/c1-10(23)20-18-21-22-19(31-18)30-9-14-7-15(24)16(8-28-14)29-17(25)11-4-12(26-2)6-13(5-11)27-3/h4-8H,9H2,1-3H3,(H,20,21,23). The second-order valence-corrected chi connectivity index (χ2v) is 8.11. The van der Waals surface area contributed by atoms with Gasteiger partial charge < -0.3 is 23.9 Å². The molecule has 31 heavy (non-hydrogen) atoms. The van der Waals surface area contributed by atoms with Crippen LogP contribution in [0.4, 0.5) is 5.13 Å². The van der Waals surface area contributed by atoms with Gasteiger partial charge in [0.15, 0.2) is 4.34 Å². The Balaban J connectivity index is 1.65. The van der Waals surface area contributed by atoms with Gasteiger partial charge in [0.2, 0.25) is 22.2 Å².